The number of aryl methyl sites for hydroxylation is 1. The van der Waals surface area contributed by atoms with Gasteiger partial charge >= 0.3 is 0 Å². The number of nitrogens with zero attached hydrogens (tertiary/aromatic N) is 2. The van der Waals surface area contributed by atoms with Crippen molar-refractivity contribution in [2.75, 3.05) is 6.61 Å². The lowest BCUT2D eigenvalue weighted by molar-refractivity contribution is 0.238. The highest BCUT2D eigenvalue weighted by atomic mass is 32.1. The second-order valence-corrected chi connectivity index (χ2v) is 4.74. The number of thiazole rings is 1. The number of fused-ring (bicyclic) bond motifs is 1. The minimum atomic E-state index is 0.170. The molecule has 88 valence electrons. The lowest BCUT2D eigenvalue weighted by Gasteiger charge is -2.13. The Bertz CT molecular complexity index is 459. The minimum absolute atomic E-state index is 0.170. The van der Waals surface area contributed by atoms with E-state index in [9.17, 15) is 0 Å². The summed E-state index contributed by atoms with van der Waals surface area (Å²) in [6.45, 7) is 5.03. The van der Waals surface area contributed by atoms with Crippen LogP contribution in [0.4, 0.5) is 0 Å². The van der Waals surface area contributed by atoms with E-state index in [4.69, 9.17) is 5.11 Å². The largest absolute Gasteiger partial charge is 0.395 e. The number of aromatic nitrogens is 2. The molecule has 1 atom stereocenters. The zero-order chi connectivity index (χ0) is 11.5. The van der Waals surface area contributed by atoms with Gasteiger partial charge in [-0.25, -0.2) is 4.98 Å². The van der Waals surface area contributed by atoms with Crippen molar-refractivity contribution in [1.29, 1.82) is 0 Å². The van der Waals surface area contributed by atoms with Crippen LogP contribution in [-0.2, 0) is 6.54 Å². The van der Waals surface area contributed by atoms with Crippen molar-refractivity contribution in [1.82, 2.24) is 14.7 Å². The van der Waals surface area contributed by atoms with Crippen LogP contribution >= 0.6 is 11.3 Å². The summed E-state index contributed by atoms with van der Waals surface area (Å²) >= 11 is 1.64. The average molecular weight is 239 g/mol. The summed E-state index contributed by atoms with van der Waals surface area (Å²) in [7, 11) is 0. The number of imidazole rings is 1. The average Bonchev–Trinajstić information content (AvgIpc) is 2.82. The Kier molecular flexibility index (Phi) is 3.58. The summed E-state index contributed by atoms with van der Waals surface area (Å²) in [5, 5.41) is 14.5. The Morgan fingerprint density at radius 3 is 3.12 bits per heavy atom. The van der Waals surface area contributed by atoms with Gasteiger partial charge < -0.3 is 10.4 Å². The molecule has 2 aromatic rings. The second kappa shape index (κ2) is 4.95. The van der Waals surface area contributed by atoms with E-state index in [1.165, 1.54) is 5.69 Å². The molecule has 0 radical (unpaired) electrons. The highest BCUT2D eigenvalue weighted by Gasteiger charge is 2.11. The molecule has 0 aromatic carbocycles. The molecular formula is C11H17N3OS. The zero-order valence-electron chi connectivity index (χ0n) is 9.60. The maximum atomic E-state index is 9.11. The van der Waals surface area contributed by atoms with Crippen molar-refractivity contribution in [3.05, 3.63) is 23.0 Å². The fourth-order valence-corrected chi connectivity index (χ4v) is 2.51. The van der Waals surface area contributed by atoms with Crippen LogP contribution in [-0.4, -0.2) is 27.1 Å². The standard InChI is InChI=1S/C11H17N3OS/c1-3-9(7-15)12-6-10-8(2)13-11-14(10)4-5-16-11/h4-5,9,12,15H,3,6-7H2,1-2H3/t9-/m0/s1. The smallest absolute Gasteiger partial charge is 0.194 e. The molecule has 0 saturated carbocycles. The van der Waals surface area contributed by atoms with E-state index in [1.807, 2.05) is 18.5 Å². The highest BCUT2D eigenvalue weighted by molar-refractivity contribution is 7.15. The van der Waals surface area contributed by atoms with Gasteiger partial charge in [0.1, 0.15) is 0 Å². The van der Waals surface area contributed by atoms with Crippen molar-refractivity contribution in [3.63, 3.8) is 0 Å². The van der Waals surface area contributed by atoms with Gasteiger partial charge in [-0.1, -0.05) is 6.92 Å². The van der Waals surface area contributed by atoms with E-state index in [2.05, 4.69) is 21.6 Å². The van der Waals surface area contributed by atoms with Crippen molar-refractivity contribution in [3.8, 4) is 0 Å². The molecule has 0 aliphatic carbocycles. The van der Waals surface area contributed by atoms with Crippen LogP contribution in [0.5, 0.6) is 0 Å². The molecule has 2 N–H and O–H groups in total. The van der Waals surface area contributed by atoms with Crippen molar-refractivity contribution >= 4 is 16.3 Å². The summed E-state index contributed by atoms with van der Waals surface area (Å²) in [5.74, 6) is 0. The first-order chi connectivity index (χ1) is 7.76. The van der Waals surface area contributed by atoms with Gasteiger partial charge in [0, 0.05) is 24.2 Å². The summed E-state index contributed by atoms with van der Waals surface area (Å²) in [4.78, 5) is 5.52. The molecule has 2 aromatic heterocycles. The Balaban J connectivity index is 2.13. The molecule has 4 nitrogen and oxygen atoms in total. The highest BCUT2D eigenvalue weighted by Crippen LogP contribution is 2.16. The number of hydrogen-bond acceptors (Lipinski definition) is 4. The minimum Gasteiger partial charge on any atom is -0.395 e. The van der Waals surface area contributed by atoms with Gasteiger partial charge in [0.2, 0.25) is 0 Å². The first-order valence-electron chi connectivity index (χ1n) is 5.51. The van der Waals surface area contributed by atoms with Gasteiger partial charge in [-0.3, -0.25) is 4.40 Å². The summed E-state index contributed by atoms with van der Waals surface area (Å²) in [5.41, 5.74) is 2.25. The third-order valence-corrected chi connectivity index (χ3v) is 3.59. The van der Waals surface area contributed by atoms with Crippen molar-refractivity contribution in [2.45, 2.75) is 32.9 Å². The molecule has 0 bridgehead atoms. The van der Waals surface area contributed by atoms with Crippen molar-refractivity contribution in [2.24, 2.45) is 0 Å². The maximum absolute atomic E-state index is 9.11. The Hall–Kier alpha value is -0.910. The van der Waals surface area contributed by atoms with Gasteiger partial charge in [0.25, 0.3) is 0 Å². The number of nitrogens with one attached hydrogen (secondary N) is 1. The quantitative estimate of drug-likeness (QED) is 0.832. The molecule has 0 saturated heterocycles. The number of rotatable bonds is 5. The Morgan fingerprint density at radius 2 is 2.44 bits per heavy atom. The summed E-state index contributed by atoms with van der Waals surface area (Å²) in [6.07, 6.45) is 2.97. The van der Waals surface area contributed by atoms with Gasteiger partial charge in [-0.15, -0.1) is 11.3 Å². The molecule has 16 heavy (non-hydrogen) atoms. The van der Waals surface area contributed by atoms with E-state index >= 15 is 0 Å². The fraction of sp³-hybridized carbons (Fsp3) is 0.545. The molecule has 0 spiro atoms. The lowest BCUT2D eigenvalue weighted by Crippen LogP contribution is -2.31. The molecule has 0 amide bonds. The van der Waals surface area contributed by atoms with Crippen LogP contribution in [0.25, 0.3) is 4.96 Å². The Labute approximate surface area is 98.9 Å². The molecule has 0 aliphatic heterocycles. The first-order valence-corrected chi connectivity index (χ1v) is 6.39. The monoisotopic (exact) mass is 239 g/mol. The van der Waals surface area contributed by atoms with Gasteiger partial charge in [0.05, 0.1) is 18.0 Å². The number of aliphatic hydroxyl groups excluding tert-OH is 1. The zero-order valence-corrected chi connectivity index (χ0v) is 10.4. The van der Waals surface area contributed by atoms with Crippen LogP contribution in [0.15, 0.2) is 11.6 Å². The normalized spacial score (nSPS) is 13.4. The molecule has 2 rings (SSSR count). The van der Waals surface area contributed by atoms with E-state index in [-0.39, 0.29) is 12.6 Å². The van der Waals surface area contributed by atoms with E-state index < -0.39 is 0 Å². The van der Waals surface area contributed by atoms with Gasteiger partial charge in [0.15, 0.2) is 4.96 Å². The van der Waals surface area contributed by atoms with Crippen LogP contribution in [0.1, 0.15) is 24.7 Å². The van der Waals surface area contributed by atoms with E-state index in [0.717, 1.165) is 23.6 Å². The number of aliphatic hydroxyl groups is 1. The molecule has 5 heteroatoms. The topological polar surface area (TPSA) is 49.6 Å². The maximum Gasteiger partial charge on any atom is 0.194 e. The first kappa shape index (κ1) is 11.6. The van der Waals surface area contributed by atoms with E-state index in [1.54, 1.807) is 11.3 Å². The SMILES string of the molecule is CC[C@@H](CO)NCc1c(C)nc2sccn12. The van der Waals surface area contributed by atoms with Crippen LogP contribution in [0.2, 0.25) is 0 Å². The third kappa shape index (κ3) is 2.11. The van der Waals surface area contributed by atoms with Crippen molar-refractivity contribution < 1.29 is 5.11 Å². The molecule has 0 aliphatic rings. The van der Waals surface area contributed by atoms with E-state index in [0.29, 0.717) is 0 Å². The molecule has 2 heterocycles. The van der Waals surface area contributed by atoms with Crippen LogP contribution < -0.4 is 5.32 Å². The second-order valence-electron chi connectivity index (χ2n) is 3.87. The Morgan fingerprint density at radius 1 is 1.62 bits per heavy atom. The van der Waals surface area contributed by atoms with Crippen LogP contribution in [0, 0.1) is 6.92 Å². The lowest BCUT2D eigenvalue weighted by atomic mass is 10.2. The summed E-state index contributed by atoms with van der Waals surface area (Å²) < 4.78 is 2.11. The molecular weight excluding hydrogens is 222 g/mol. The molecule has 0 fully saturated rings. The predicted molar refractivity (Wildman–Crippen MR) is 65.8 cm³/mol. The fourth-order valence-electron chi connectivity index (χ4n) is 1.73. The van der Waals surface area contributed by atoms with Crippen LogP contribution in [0.3, 0.4) is 0 Å². The third-order valence-electron chi connectivity index (χ3n) is 2.83. The summed E-state index contributed by atoms with van der Waals surface area (Å²) in [6, 6.07) is 0.170. The molecule has 0 unspecified atom stereocenters. The van der Waals surface area contributed by atoms with Gasteiger partial charge in [-0.05, 0) is 13.3 Å². The van der Waals surface area contributed by atoms with Gasteiger partial charge in [-0.2, -0.15) is 0 Å². The number of hydrogen-bond donors (Lipinski definition) is 2. The predicted octanol–water partition coefficient (Wildman–Crippen LogP) is 1.56.